The molecule has 0 unspecified atom stereocenters. The fourth-order valence-corrected chi connectivity index (χ4v) is 11.3. The van der Waals surface area contributed by atoms with E-state index in [1.54, 1.807) is 25.3 Å². The van der Waals surface area contributed by atoms with Crippen molar-refractivity contribution in [2.24, 2.45) is 16.7 Å². The summed E-state index contributed by atoms with van der Waals surface area (Å²) >= 11 is 1.40. The molecular formula is C47H61N8O7SSi. The number of amides is 4. The summed E-state index contributed by atoms with van der Waals surface area (Å²) in [4.78, 5) is 70.5. The van der Waals surface area contributed by atoms with Gasteiger partial charge in [-0.15, -0.1) is 11.3 Å². The number of ether oxygens (including phenoxy) is 3. The number of nitrogens with zero attached hydrogens (tertiary/aromatic N) is 6. The standard InChI is InChI=1S/C47H61N8O7SSi/c1-9-54-36-15-14-30-20-32(36)33(40(54)31-12-10-17-48-38(31)29(4)60-8)21-45(5,6)25-62-42(57)34-13-11-18-55(51-34)43(58)47(64,22-37-49-35(30)23-63-37)50-41(56)39(28(2)3)52(7)44(59)53-19-16-46(24-53)26-61-27-46/h10,12,14-15,17,20,23,28-29,34,39,51H,9,11,13,16,18-19,21-22,24-27H2,1-8H3,(H,50,56)/t29-,34-,39-,47-/m0/s1. The molecule has 8 rings (SSSR count). The summed E-state index contributed by atoms with van der Waals surface area (Å²) in [5, 5.41) is 6.37. The van der Waals surface area contributed by atoms with Crippen LogP contribution in [0, 0.1) is 16.7 Å². The van der Waals surface area contributed by atoms with Crippen LogP contribution < -0.4 is 10.7 Å². The predicted molar refractivity (Wildman–Crippen MR) is 245 cm³/mol. The van der Waals surface area contributed by atoms with Crippen LogP contribution in [0.15, 0.2) is 41.9 Å². The van der Waals surface area contributed by atoms with Gasteiger partial charge in [0.05, 0.1) is 58.3 Å². The monoisotopic (exact) mass is 909 g/mol. The topological polar surface area (TPSA) is 160 Å². The molecule has 2 N–H and O–H groups in total. The number of thiazole rings is 1. The van der Waals surface area contributed by atoms with Crippen molar-refractivity contribution >= 4 is 56.3 Å². The summed E-state index contributed by atoms with van der Waals surface area (Å²) in [6.07, 6.45) is 3.96. The largest absolute Gasteiger partial charge is 0.464 e. The zero-order valence-corrected chi connectivity index (χ0v) is 40.1. The van der Waals surface area contributed by atoms with Crippen LogP contribution in [-0.2, 0) is 48.0 Å². The van der Waals surface area contributed by atoms with Crippen LogP contribution in [0.25, 0.3) is 33.4 Å². The van der Waals surface area contributed by atoms with Crippen LogP contribution in [-0.4, -0.2) is 134 Å². The Labute approximate surface area is 383 Å². The summed E-state index contributed by atoms with van der Waals surface area (Å²) in [6.45, 7) is 15.7. The lowest BCUT2D eigenvalue weighted by molar-refractivity contribution is -0.156. The number of nitrogens with one attached hydrogen (secondary N) is 2. The normalized spacial score (nSPS) is 23.1. The Morgan fingerprint density at radius 2 is 1.91 bits per heavy atom. The number of aromatic nitrogens is 3. The number of likely N-dealkylation sites (tertiary alicyclic amines) is 1. The molecule has 0 aliphatic carbocycles. The van der Waals surface area contributed by atoms with Gasteiger partial charge in [-0.3, -0.25) is 24.4 Å². The first-order valence-corrected chi connectivity index (χ1v) is 23.8. The number of pyridine rings is 1. The number of esters is 1. The molecule has 3 radical (unpaired) electrons. The first-order valence-electron chi connectivity index (χ1n) is 22.5. The molecule has 341 valence electrons. The SMILES string of the molecule is CCn1c(-c2cccnc2[C@H](C)OC)c2c3cc(ccc31)-c1csc(n1)C[C@@]([Si])(NC(=O)[C@H](C(C)C)N(C)C(=O)N1CCC3(COC3)C1)C(=O)N1CCC[C@H](N1)C(=O)OCC(C)(C)C2. The van der Waals surface area contributed by atoms with Gasteiger partial charge < -0.3 is 33.9 Å². The Morgan fingerprint density at radius 3 is 2.59 bits per heavy atom. The van der Waals surface area contributed by atoms with E-state index < -0.39 is 40.4 Å². The van der Waals surface area contributed by atoms with E-state index in [2.05, 4.69) is 70.6 Å². The highest BCUT2D eigenvalue weighted by molar-refractivity contribution is 7.10. The third-order valence-corrected chi connectivity index (χ3v) is 14.8. The molecule has 4 aliphatic heterocycles. The van der Waals surface area contributed by atoms with Gasteiger partial charge in [0.2, 0.25) is 5.91 Å². The Balaban J connectivity index is 1.19. The highest BCUT2D eigenvalue weighted by Gasteiger charge is 2.48. The zero-order valence-electron chi connectivity index (χ0n) is 38.3. The summed E-state index contributed by atoms with van der Waals surface area (Å²) in [7, 11) is 7.16. The van der Waals surface area contributed by atoms with Crippen LogP contribution >= 0.6 is 11.3 Å². The number of hydrogen-bond acceptors (Lipinski definition) is 11. The number of likely N-dealkylation sites (N-methyl/N-ethyl adjacent to an activating group) is 1. The zero-order chi connectivity index (χ0) is 45.7. The van der Waals surface area contributed by atoms with Crippen LogP contribution in [0.5, 0.6) is 0 Å². The fourth-order valence-electron chi connectivity index (χ4n) is 9.88. The van der Waals surface area contributed by atoms with E-state index in [-0.39, 0.29) is 36.5 Å². The van der Waals surface area contributed by atoms with Crippen molar-refractivity contribution in [3.63, 3.8) is 0 Å². The Hall–Kier alpha value is -4.68. The number of methoxy groups -OCH3 is 1. The molecule has 3 fully saturated rings. The highest BCUT2D eigenvalue weighted by Crippen LogP contribution is 2.42. The van der Waals surface area contributed by atoms with Crippen molar-refractivity contribution in [1.82, 2.24) is 40.1 Å². The van der Waals surface area contributed by atoms with Gasteiger partial charge in [-0.05, 0) is 75.3 Å². The summed E-state index contributed by atoms with van der Waals surface area (Å²) in [6, 6.07) is 8.49. The number of carbonyl (C=O) groups is 4. The molecule has 4 atom stereocenters. The minimum atomic E-state index is -1.71. The van der Waals surface area contributed by atoms with Crippen molar-refractivity contribution in [2.75, 3.05) is 53.6 Å². The number of urea groups is 1. The third-order valence-electron chi connectivity index (χ3n) is 13.4. The minimum absolute atomic E-state index is 0.0109. The lowest BCUT2D eigenvalue weighted by atomic mass is 9.84. The number of cyclic esters (lactones) is 1. The minimum Gasteiger partial charge on any atom is -0.464 e. The van der Waals surface area contributed by atoms with Crippen molar-refractivity contribution in [3.05, 3.63) is 58.2 Å². The van der Waals surface area contributed by atoms with Gasteiger partial charge in [0.25, 0.3) is 5.91 Å². The van der Waals surface area contributed by atoms with E-state index >= 15 is 0 Å². The molecule has 15 nitrogen and oxygen atoms in total. The second kappa shape index (κ2) is 17.9. The summed E-state index contributed by atoms with van der Waals surface area (Å²) in [5.74, 6) is -1.73. The molecule has 4 aliphatic rings. The maximum Gasteiger partial charge on any atom is 0.324 e. The van der Waals surface area contributed by atoms with Crippen LogP contribution in [0.1, 0.15) is 83.2 Å². The lowest BCUT2D eigenvalue weighted by Gasteiger charge is -2.41. The maximum atomic E-state index is 14.9. The number of hydrazine groups is 1. The van der Waals surface area contributed by atoms with Gasteiger partial charge in [-0.1, -0.05) is 33.8 Å². The Morgan fingerprint density at radius 1 is 1.12 bits per heavy atom. The Bertz CT molecular complexity index is 2430. The van der Waals surface area contributed by atoms with E-state index in [9.17, 15) is 19.2 Å². The molecule has 17 heteroatoms. The molecule has 0 saturated carbocycles. The fraction of sp³-hybridized carbons (Fsp3) is 0.574. The number of fused-ring (bicyclic) bond motifs is 6. The molecule has 64 heavy (non-hydrogen) atoms. The number of aryl methyl sites for hydroxylation is 1. The molecule has 4 aromatic rings. The van der Waals surface area contributed by atoms with Gasteiger partial charge >= 0.3 is 12.0 Å². The van der Waals surface area contributed by atoms with E-state index in [1.165, 1.54) is 21.2 Å². The quantitative estimate of drug-likeness (QED) is 0.171. The highest BCUT2D eigenvalue weighted by atomic mass is 32.1. The number of benzene rings is 1. The molecule has 4 amide bonds. The molecular weight excluding hydrogens is 849 g/mol. The van der Waals surface area contributed by atoms with Gasteiger partial charge in [-0.25, -0.2) is 15.2 Å². The van der Waals surface area contributed by atoms with Crippen molar-refractivity contribution < 1.29 is 33.4 Å². The number of rotatable bonds is 8. The van der Waals surface area contributed by atoms with Crippen LogP contribution in [0.4, 0.5) is 4.79 Å². The van der Waals surface area contributed by atoms with Crippen molar-refractivity contribution in [3.8, 4) is 22.5 Å². The Kier molecular flexibility index (Phi) is 12.9. The van der Waals surface area contributed by atoms with E-state index in [0.717, 1.165) is 51.1 Å². The average molecular weight is 910 g/mol. The predicted octanol–water partition coefficient (Wildman–Crippen LogP) is 5.50. The first kappa shape index (κ1) is 45.9. The molecule has 1 spiro atoms. The van der Waals surface area contributed by atoms with E-state index in [4.69, 9.17) is 24.2 Å². The van der Waals surface area contributed by atoms with Gasteiger partial charge in [0.15, 0.2) is 0 Å². The van der Waals surface area contributed by atoms with Crippen LogP contribution in [0.3, 0.4) is 0 Å². The van der Waals surface area contributed by atoms with Gasteiger partial charge in [0, 0.05) is 91.2 Å². The average Bonchev–Trinajstić information content (AvgIpc) is 4.01. The van der Waals surface area contributed by atoms with Gasteiger partial charge in [0.1, 0.15) is 17.2 Å². The molecule has 1 aromatic carbocycles. The third kappa shape index (κ3) is 8.73. The molecule has 6 bridgehead atoms. The molecule has 3 aromatic heterocycles. The summed E-state index contributed by atoms with van der Waals surface area (Å²) < 4.78 is 19.7. The van der Waals surface area contributed by atoms with E-state index in [1.807, 2.05) is 32.2 Å². The number of hydrogen-bond donors (Lipinski definition) is 2. The summed E-state index contributed by atoms with van der Waals surface area (Å²) in [5.41, 5.74) is 9.27. The number of carbonyl (C=O) groups excluding carboxylic acids is 4. The molecule has 3 saturated heterocycles. The van der Waals surface area contributed by atoms with Crippen molar-refractivity contribution in [2.45, 2.75) is 104 Å². The maximum absolute atomic E-state index is 14.9. The smallest absolute Gasteiger partial charge is 0.324 e. The van der Waals surface area contributed by atoms with Gasteiger partial charge in [-0.2, -0.15) is 0 Å². The van der Waals surface area contributed by atoms with Crippen molar-refractivity contribution in [1.29, 1.82) is 0 Å². The first-order chi connectivity index (χ1) is 30.5. The second-order valence-corrected chi connectivity index (χ2v) is 21.1. The second-order valence-electron chi connectivity index (χ2n) is 19.3. The van der Waals surface area contributed by atoms with E-state index in [0.29, 0.717) is 63.7 Å². The lowest BCUT2D eigenvalue weighted by Crippen LogP contribution is -2.68. The van der Waals surface area contributed by atoms with Crippen LogP contribution in [0.2, 0.25) is 0 Å². The molecule has 7 heterocycles.